The summed E-state index contributed by atoms with van der Waals surface area (Å²) in [5.74, 6) is 0.240. The molecule has 0 unspecified atom stereocenters. The topological polar surface area (TPSA) is 77.2 Å². The molecule has 80 valence electrons. The van der Waals surface area contributed by atoms with Crippen molar-refractivity contribution in [2.24, 2.45) is 0 Å². The third-order valence-corrected chi connectivity index (χ3v) is 2.12. The van der Waals surface area contributed by atoms with Gasteiger partial charge in [-0.05, 0) is 18.6 Å². The Bertz CT molecular complexity index is 400. The monoisotopic (exact) mass is 206 g/mol. The highest BCUT2D eigenvalue weighted by Gasteiger charge is 2.14. The van der Waals surface area contributed by atoms with Gasteiger partial charge in [-0.1, -0.05) is 13.0 Å². The standard InChI is InChI=1S/C11H14N2O2/c1-3-8(12)10(13)7-5-4-6-9(14)11(7)15-2/h4-6,12-14H,3H2,1-2H3. The Kier molecular flexibility index (Phi) is 3.44. The molecular weight excluding hydrogens is 192 g/mol. The first kappa shape index (κ1) is 11.2. The van der Waals surface area contributed by atoms with Crippen LogP contribution < -0.4 is 4.74 Å². The van der Waals surface area contributed by atoms with Crippen LogP contribution in [0.25, 0.3) is 0 Å². The molecule has 0 bridgehead atoms. The summed E-state index contributed by atoms with van der Waals surface area (Å²) in [5.41, 5.74) is 0.758. The molecule has 0 atom stereocenters. The summed E-state index contributed by atoms with van der Waals surface area (Å²) < 4.78 is 5.00. The van der Waals surface area contributed by atoms with E-state index in [9.17, 15) is 5.11 Å². The van der Waals surface area contributed by atoms with Crippen molar-refractivity contribution in [1.29, 1.82) is 10.8 Å². The Morgan fingerprint density at radius 1 is 1.40 bits per heavy atom. The lowest BCUT2D eigenvalue weighted by molar-refractivity contribution is 0.373. The van der Waals surface area contributed by atoms with E-state index in [0.29, 0.717) is 12.0 Å². The molecule has 0 spiro atoms. The molecule has 0 aliphatic rings. The molecule has 3 N–H and O–H groups in total. The normalized spacial score (nSPS) is 9.73. The fourth-order valence-electron chi connectivity index (χ4n) is 1.28. The van der Waals surface area contributed by atoms with Crippen LogP contribution in [-0.2, 0) is 0 Å². The number of para-hydroxylation sites is 1. The van der Waals surface area contributed by atoms with Crippen molar-refractivity contribution in [3.63, 3.8) is 0 Å². The molecule has 1 rings (SSSR count). The van der Waals surface area contributed by atoms with E-state index in [4.69, 9.17) is 15.6 Å². The first-order valence-corrected chi connectivity index (χ1v) is 4.64. The van der Waals surface area contributed by atoms with Gasteiger partial charge in [0.25, 0.3) is 0 Å². The number of methoxy groups -OCH3 is 1. The van der Waals surface area contributed by atoms with E-state index in [-0.39, 0.29) is 22.9 Å². The van der Waals surface area contributed by atoms with Gasteiger partial charge in [-0.25, -0.2) is 0 Å². The highest BCUT2D eigenvalue weighted by molar-refractivity contribution is 6.46. The van der Waals surface area contributed by atoms with Crippen LogP contribution in [-0.4, -0.2) is 23.6 Å². The molecule has 0 radical (unpaired) electrons. The van der Waals surface area contributed by atoms with Gasteiger partial charge in [0.15, 0.2) is 11.5 Å². The van der Waals surface area contributed by atoms with Crippen molar-refractivity contribution in [3.05, 3.63) is 23.8 Å². The molecule has 1 aromatic rings. The summed E-state index contributed by atoms with van der Waals surface area (Å²) in [6.45, 7) is 1.81. The molecule has 0 aliphatic heterocycles. The molecular formula is C11H14N2O2. The summed E-state index contributed by atoms with van der Waals surface area (Å²) >= 11 is 0. The molecule has 0 aromatic heterocycles. The Morgan fingerprint density at radius 3 is 2.60 bits per heavy atom. The Morgan fingerprint density at radius 2 is 2.07 bits per heavy atom. The average molecular weight is 206 g/mol. The Labute approximate surface area is 88.5 Å². The predicted molar refractivity (Wildman–Crippen MR) is 59.5 cm³/mol. The number of phenolic OH excluding ortho intramolecular Hbond substituents is 1. The molecule has 4 heteroatoms. The lowest BCUT2D eigenvalue weighted by Crippen LogP contribution is -2.13. The minimum Gasteiger partial charge on any atom is -0.504 e. The molecule has 4 nitrogen and oxygen atoms in total. The number of hydrogen-bond donors (Lipinski definition) is 3. The van der Waals surface area contributed by atoms with Gasteiger partial charge in [-0.3, -0.25) is 5.41 Å². The quantitative estimate of drug-likeness (QED) is 0.660. The highest BCUT2D eigenvalue weighted by Crippen LogP contribution is 2.30. The van der Waals surface area contributed by atoms with E-state index in [1.54, 1.807) is 12.1 Å². The van der Waals surface area contributed by atoms with E-state index in [1.807, 2.05) is 6.92 Å². The molecule has 0 amide bonds. The number of rotatable bonds is 4. The van der Waals surface area contributed by atoms with Crippen LogP contribution in [0, 0.1) is 10.8 Å². The Hall–Kier alpha value is -1.84. The number of benzene rings is 1. The zero-order chi connectivity index (χ0) is 11.4. The predicted octanol–water partition coefficient (Wildman–Crippen LogP) is 2.20. The van der Waals surface area contributed by atoms with Gasteiger partial charge in [0.2, 0.25) is 0 Å². The first-order valence-electron chi connectivity index (χ1n) is 4.64. The maximum atomic E-state index is 9.50. The molecule has 0 fully saturated rings. The van der Waals surface area contributed by atoms with Crippen molar-refractivity contribution >= 4 is 11.4 Å². The smallest absolute Gasteiger partial charge is 0.169 e. The molecule has 0 saturated heterocycles. The number of ether oxygens (including phenoxy) is 1. The summed E-state index contributed by atoms with van der Waals surface area (Å²) in [6.07, 6.45) is 0.484. The van der Waals surface area contributed by atoms with Crippen LogP contribution in [0.5, 0.6) is 11.5 Å². The van der Waals surface area contributed by atoms with Crippen LogP contribution in [0.3, 0.4) is 0 Å². The minimum atomic E-state index is -0.0105. The molecule has 15 heavy (non-hydrogen) atoms. The van der Waals surface area contributed by atoms with Gasteiger partial charge in [0.05, 0.1) is 18.5 Å². The van der Waals surface area contributed by atoms with E-state index in [0.717, 1.165) is 0 Å². The van der Waals surface area contributed by atoms with Crippen molar-refractivity contribution in [3.8, 4) is 11.5 Å². The average Bonchev–Trinajstić information content (AvgIpc) is 2.26. The number of aromatic hydroxyl groups is 1. The maximum Gasteiger partial charge on any atom is 0.169 e. The van der Waals surface area contributed by atoms with E-state index in [1.165, 1.54) is 13.2 Å². The molecule has 0 heterocycles. The van der Waals surface area contributed by atoms with E-state index in [2.05, 4.69) is 0 Å². The highest BCUT2D eigenvalue weighted by atomic mass is 16.5. The largest absolute Gasteiger partial charge is 0.504 e. The summed E-state index contributed by atoms with van der Waals surface area (Å²) in [6, 6.07) is 4.78. The maximum absolute atomic E-state index is 9.50. The second-order valence-electron chi connectivity index (χ2n) is 3.07. The van der Waals surface area contributed by atoms with E-state index < -0.39 is 0 Å². The van der Waals surface area contributed by atoms with Crippen LogP contribution in [0.2, 0.25) is 0 Å². The molecule has 1 aromatic carbocycles. The third kappa shape index (κ3) is 2.15. The van der Waals surface area contributed by atoms with Crippen molar-refractivity contribution < 1.29 is 9.84 Å². The lowest BCUT2D eigenvalue weighted by Gasteiger charge is -2.10. The fourth-order valence-corrected chi connectivity index (χ4v) is 1.28. The van der Waals surface area contributed by atoms with Gasteiger partial charge in [0, 0.05) is 5.56 Å². The molecule has 0 aliphatic carbocycles. The van der Waals surface area contributed by atoms with Gasteiger partial charge in [-0.2, -0.15) is 0 Å². The number of phenols is 1. The SMILES string of the molecule is CCC(=N)C(=N)c1cccc(O)c1OC. The number of nitrogens with one attached hydrogen (secondary N) is 2. The second kappa shape index (κ2) is 4.59. The van der Waals surface area contributed by atoms with Crippen LogP contribution >= 0.6 is 0 Å². The van der Waals surface area contributed by atoms with Crippen molar-refractivity contribution in [1.82, 2.24) is 0 Å². The van der Waals surface area contributed by atoms with Crippen molar-refractivity contribution in [2.75, 3.05) is 7.11 Å². The van der Waals surface area contributed by atoms with E-state index >= 15 is 0 Å². The lowest BCUT2D eigenvalue weighted by atomic mass is 10.0. The fraction of sp³-hybridized carbons (Fsp3) is 0.273. The van der Waals surface area contributed by atoms with Gasteiger partial charge < -0.3 is 15.3 Å². The van der Waals surface area contributed by atoms with Crippen LogP contribution in [0.4, 0.5) is 0 Å². The summed E-state index contributed by atoms with van der Waals surface area (Å²) in [7, 11) is 1.43. The van der Waals surface area contributed by atoms with Crippen LogP contribution in [0.1, 0.15) is 18.9 Å². The molecule has 0 saturated carbocycles. The van der Waals surface area contributed by atoms with Gasteiger partial charge in [0.1, 0.15) is 0 Å². The van der Waals surface area contributed by atoms with Crippen molar-refractivity contribution in [2.45, 2.75) is 13.3 Å². The summed E-state index contributed by atoms with van der Waals surface area (Å²) in [5, 5.41) is 24.8. The number of hydrogen-bond acceptors (Lipinski definition) is 4. The minimum absolute atomic E-state index is 0.0105. The summed E-state index contributed by atoms with van der Waals surface area (Å²) in [4.78, 5) is 0. The third-order valence-electron chi connectivity index (χ3n) is 2.12. The second-order valence-corrected chi connectivity index (χ2v) is 3.07. The van der Waals surface area contributed by atoms with Crippen LogP contribution in [0.15, 0.2) is 18.2 Å². The van der Waals surface area contributed by atoms with Gasteiger partial charge in [-0.15, -0.1) is 0 Å². The zero-order valence-electron chi connectivity index (χ0n) is 8.79. The van der Waals surface area contributed by atoms with Gasteiger partial charge >= 0.3 is 0 Å². The Balaban J connectivity index is 3.19. The zero-order valence-corrected chi connectivity index (χ0v) is 8.79. The first-order chi connectivity index (χ1) is 7.11.